The van der Waals surface area contributed by atoms with Gasteiger partial charge in [-0.1, -0.05) is 35.5 Å². The molecule has 0 saturated carbocycles. The van der Waals surface area contributed by atoms with Gasteiger partial charge in [-0.05, 0) is 38.2 Å². The van der Waals surface area contributed by atoms with Gasteiger partial charge in [-0.2, -0.15) is 0 Å². The van der Waals surface area contributed by atoms with Crippen LogP contribution in [0, 0.1) is 0 Å². The lowest BCUT2D eigenvalue weighted by Gasteiger charge is -2.12. The Kier molecular flexibility index (Phi) is 5.25. The smallest absolute Gasteiger partial charge is 0.341 e. The molecular weight excluding hydrogens is 376 g/mol. The fourth-order valence-electron chi connectivity index (χ4n) is 3.36. The van der Waals surface area contributed by atoms with Gasteiger partial charge in [0.15, 0.2) is 11.5 Å². The molecule has 6 nitrogen and oxygen atoms in total. The van der Waals surface area contributed by atoms with Gasteiger partial charge in [0.05, 0.1) is 12.2 Å². The van der Waals surface area contributed by atoms with Crippen LogP contribution in [0.5, 0.6) is 0 Å². The Balaban J connectivity index is 1.60. The number of rotatable bonds is 5. The molecule has 0 fully saturated rings. The molecule has 0 spiro atoms. The van der Waals surface area contributed by atoms with E-state index in [0.29, 0.717) is 22.9 Å². The van der Waals surface area contributed by atoms with Crippen LogP contribution in [-0.4, -0.2) is 23.6 Å². The Hall–Kier alpha value is -2.93. The molecule has 2 heterocycles. The Bertz CT molecular complexity index is 1010. The molecule has 0 bridgehead atoms. The van der Waals surface area contributed by atoms with Crippen molar-refractivity contribution in [2.75, 3.05) is 11.9 Å². The van der Waals surface area contributed by atoms with Crippen molar-refractivity contribution in [3.8, 4) is 11.3 Å². The van der Waals surface area contributed by atoms with Gasteiger partial charge < -0.3 is 14.6 Å². The van der Waals surface area contributed by atoms with E-state index in [2.05, 4.69) is 10.5 Å². The van der Waals surface area contributed by atoms with E-state index in [0.717, 1.165) is 41.7 Å². The summed E-state index contributed by atoms with van der Waals surface area (Å²) in [5.74, 6) is -0.278. The highest BCUT2D eigenvalue weighted by molar-refractivity contribution is 7.17. The fraction of sp³-hybridized carbons (Fsp3) is 0.286. The summed E-state index contributed by atoms with van der Waals surface area (Å²) in [5, 5.41) is 7.25. The second kappa shape index (κ2) is 7.98. The third-order valence-corrected chi connectivity index (χ3v) is 5.89. The van der Waals surface area contributed by atoms with Gasteiger partial charge in [0.1, 0.15) is 5.00 Å². The molecule has 1 amide bonds. The third kappa shape index (κ3) is 3.57. The molecule has 0 unspecified atom stereocenters. The van der Waals surface area contributed by atoms with Crippen LogP contribution < -0.4 is 5.32 Å². The molecule has 0 atom stereocenters. The van der Waals surface area contributed by atoms with Crippen LogP contribution in [0.4, 0.5) is 5.00 Å². The number of hydrogen-bond donors (Lipinski definition) is 1. The number of thiophene rings is 1. The first-order valence-corrected chi connectivity index (χ1v) is 10.1. The number of amides is 1. The van der Waals surface area contributed by atoms with E-state index < -0.39 is 5.91 Å². The third-order valence-electron chi connectivity index (χ3n) is 4.68. The summed E-state index contributed by atoms with van der Waals surface area (Å²) in [4.78, 5) is 26.4. The molecule has 144 valence electrons. The first-order chi connectivity index (χ1) is 13.7. The van der Waals surface area contributed by atoms with Crippen molar-refractivity contribution in [1.29, 1.82) is 0 Å². The topological polar surface area (TPSA) is 81.4 Å². The zero-order valence-electron chi connectivity index (χ0n) is 15.5. The van der Waals surface area contributed by atoms with Crippen molar-refractivity contribution in [2.24, 2.45) is 0 Å². The van der Waals surface area contributed by atoms with E-state index in [9.17, 15) is 9.59 Å². The number of fused-ring (bicyclic) bond motifs is 1. The summed E-state index contributed by atoms with van der Waals surface area (Å²) < 4.78 is 10.5. The largest absolute Gasteiger partial charge is 0.462 e. The highest BCUT2D eigenvalue weighted by Gasteiger charge is 2.28. The van der Waals surface area contributed by atoms with Crippen LogP contribution in [0.1, 0.15) is 51.1 Å². The molecule has 1 aromatic carbocycles. The number of carbonyl (C=O) groups excluding carboxylic acids is 2. The molecule has 1 N–H and O–H groups in total. The molecule has 3 aromatic rings. The lowest BCUT2D eigenvalue weighted by Crippen LogP contribution is -2.16. The van der Waals surface area contributed by atoms with Crippen LogP contribution in [0.3, 0.4) is 0 Å². The average Bonchev–Trinajstić information content (AvgIpc) is 3.34. The van der Waals surface area contributed by atoms with Crippen LogP contribution >= 0.6 is 11.3 Å². The molecular formula is C21H20N2O4S. The molecule has 0 saturated heterocycles. The van der Waals surface area contributed by atoms with Crippen LogP contribution in [0.25, 0.3) is 11.3 Å². The van der Waals surface area contributed by atoms with Crippen LogP contribution in [0.15, 0.2) is 40.9 Å². The van der Waals surface area contributed by atoms with E-state index in [-0.39, 0.29) is 11.7 Å². The van der Waals surface area contributed by atoms with Gasteiger partial charge >= 0.3 is 5.97 Å². The van der Waals surface area contributed by atoms with Crippen molar-refractivity contribution >= 4 is 28.2 Å². The maximum atomic E-state index is 12.7. The van der Waals surface area contributed by atoms with E-state index in [1.54, 1.807) is 13.0 Å². The van der Waals surface area contributed by atoms with E-state index in [1.165, 1.54) is 11.3 Å². The number of esters is 1. The van der Waals surface area contributed by atoms with Crippen LogP contribution in [-0.2, 0) is 17.6 Å². The number of carbonyl (C=O) groups is 2. The number of hydrogen-bond acceptors (Lipinski definition) is 6. The quantitative estimate of drug-likeness (QED) is 0.632. The number of aryl methyl sites for hydroxylation is 1. The summed E-state index contributed by atoms with van der Waals surface area (Å²) in [5.41, 5.74) is 2.50. The van der Waals surface area contributed by atoms with Crippen LogP contribution in [0.2, 0.25) is 0 Å². The van der Waals surface area contributed by atoms with E-state index in [4.69, 9.17) is 9.26 Å². The minimum absolute atomic E-state index is 0.167. The molecule has 2 aromatic heterocycles. The minimum Gasteiger partial charge on any atom is -0.462 e. The lowest BCUT2D eigenvalue weighted by atomic mass is 9.95. The highest BCUT2D eigenvalue weighted by atomic mass is 32.1. The molecule has 1 aliphatic rings. The average molecular weight is 396 g/mol. The maximum Gasteiger partial charge on any atom is 0.341 e. The normalized spacial score (nSPS) is 13.0. The number of nitrogens with zero attached hydrogens (tertiary/aromatic N) is 1. The van der Waals surface area contributed by atoms with Gasteiger partial charge in [0.25, 0.3) is 5.91 Å². The SMILES string of the molecule is CCOC(=O)c1c(NC(=O)c2cc(-c3ccccc3)on2)sc2c1CCCC2. The van der Waals surface area contributed by atoms with Crippen molar-refractivity contribution < 1.29 is 18.8 Å². The summed E-state index contributed by atoms with van der Waals surface area (Å²) in [6.45, 7) is 2.07. The van der Waals surface area contributed by atoms with Crippen molar-refractivity contribution in [1.82, 2.24) is 5.16 Å². The Labute approximate surface area is 166 Å². The first kappa shape index (κ1) is 18.4. The lowest BCUT2D eigenvalue weighted by molar-refractivity contribution is 0.0526. The van der Waals surface area contributed by atoms with Crippen molar-refractivity contribution in [2.45, 2.75) is 32.6 Å². The van der Waals surface area contributed by atoms with E-state index in [1.807, 2.05) is 30.3 Å². The predicted molar refractivity (Wildman–Crippen MR) is 107 cm³/mol. The second-order valence-electron chi connectivity index (χ2n) is 6.53. The highest BCUT2D eigenvalue weighted by Crippen LogP contribution is 2.38. The number of aromatic nitrogens is 1. The molecule has 7 heteroatoms. The van der Waals surface area contributed by atoms with Gasteiger partial charge in [-0.25, -0.2) is 4.79 Å². The number of anilines is 1. The number of ether oxygens (including phenoxy) is 1. The summed E-state index contributed by atoms with van der Waals surface area (Å²) in [6.07, 6.45) is 3.88. The van der Waals surface area contributed by atoms with Gasteiger partial charge in [0, 0.05) is 16.5 Å². The fourth-order valence-corrected chi connectivity index (χ4v) is 4.63. The monoisotopic (exact) mass is 396 g/mol. The second-order valence-corrected chi connectivity index (χ2v) is 7.64. The molecule has 1 aliphatic carbocycles. The van der Waals surface area contributed by atoms with E-state index >= 15 is 0 Å². The standard InChI is InChI=1S/C21H20N2O4S/c1-2-26-21(25)18-14-10-6-7-11-17(14)28-20(18)22-19(24)15-12-16(27-23-15)13-8-4-3-5-9-13/h3-5,8-9,12H,2,6-7,10-11H2,1H3,(H,22,24). The zero-order chi connectivity index (χ0) is 19.5. The summed E-state index contributed by atoms with van der Waals surface area (Å²) in [7, 11) is 0. The first-order valence-electron chi connectivity index (χ1n) is 9.32. The maximum absolute atomic E-state index is 12.7. The van der Waals surface area contributed by atoms with Gasteiger partial charge in [-0.3, -0.25) is 4.79 Å². The Morgan fingerprint density at radius 2 is 2.00 bits per heavy atom. The zero-order valence-corrected chi connectivity index (χ0v) is 16.3. The predicted octanol–water partition coefficient (Wildman–Crippen LogP) is 4.71. The molecule has 0 radical (unpaired) electrons. The van der Waals surface area contributed by atoms with Gasteiger partial charge in [-0.15, -0.1) is 11.3 Å². The number of benzene rings is 1. The Morgan fingerprint density at radius 1 is 1.21 bits per heavy atom. The minimum atomic E-state index is -0.407. The molecule has 0 aliphatic heterocycles. The number of nitrogens with one attached hydrogen (secondary N) is 1. The van der Waals surface area contributed by atoms with Crippen molar-refractivity contribution in [3.05, 3.63) is 58.1 Å². The van der Waals surface area contributed by atoms with Gasteiger partial charge in [0.2, 0.25) is 0 Å². The Morgan fingerprint density at radius 3 is 2.79 bits per heavy atom. The molecule has 4 rings (SSSR count). The van der Waals surface area contributed by atoms with Crippen molar-refractivity contribution in [3.63, 3.8) is 0 Å². The summed E-state index contributed by atoms with van der Waals surface area (Å²) in [6, 6.07) is 11.0. The summed E-state index contributed by atoms with van der Waals surface area (Å²) >= 11 is 1.45. The molecule has 28 heavy (non-hydrogen) atoms.